The van der Waals surface area contributed by atoms with Gasteiger partial charge >= 0.3 is 5.97 Å². The highest BCUT2D eigenvalue weighted by atomic mass is 16.4. The van der Waals surface area contributed by atoms with Crippen molar-refractivity contribution in [3.63, 3.8) is 0 Å². The van der Waals surface area contributed by atoms with Gasteiger partial charge in [-0.25, -0.2) is 0 Å². The van der Waals surface area contributed by atoms with E-state index in [4.69, 9.17) is 0 Å². The Morgan fingerprint density at radius 1 is 1.08 bits per heavy atom. The smallest absolute Gasteiger partial charge is 0.315 e. The minimum Gasteiger partial charge on any atom is -0.481 e. The fourth-order valence-electron chi connectivity index (χ4n) is 2.85. The molecule has 0 radical (unpaired) electrons. The van der Waals surface area contributed by atoms with Crippen LogP contribution in [0.15, 0.2) is 48.5 Å². The normalized spacial score (nSPS) is 13.1. The third-order valence-corrected chi connectivity index (χ3v) is 4.64. The number of amides is 1. The highest BCUT2D eigenvalue weighted by molar-refractivity contribution is 5.83. The molecule has 0 spiro atoms. The summed E-state index contributed by atoms with van der Waals surface area (Å²) in [5.41, 5.74) is 3.05. The van der Waals surface area contributed by atoms with E-state index < -0.39 is 11.4 Å². The highest BCUT2D eigenvalue weighted by Gasteiger charge is 2.35. The van der Waals surface area contributed by atoms with E-state index in [2.05, 4.69) is 11.4 Å². The van der Waals surface area contributed by atoms with E-state index in [-0.39, 0.29) is 12.5 Å². The predicted molar refractivity (Wildman–Crippen MR) is 98.7 cm³/mol. The molecule has 2 aromatic carbocycles. The number of carboxylic acid groups (broad SMARTS) is 1. The predicted octanol–water partition coefficient (Wildman–Crippen LogP) is 3.39. The lowest BCUT2D eigenvalue weighted by atomic mass is 9.82. The summed E-state index contributed by atoms with van der Waals surface area (Å²) in [5.74, 6) is -1.09. The van der Waals surface area contributed by atoms with Crippen LogP contribution in [0.5, 0.6) is 0 Å². The topological polar surface area (TPSA) is 66.4 Å². The number of hydrogen-bond donors (Lipinski definition) is 2. The van der Waals surface area contributed by atoms with Gasteiger partial charge in [0.2, 0.25) is 5.91 Å². The van der Waals surface area contributed by atoms with Gasteiger partial charge in [0.1, 0.15) is 5.41 Å². The molecule has 2 aromatic rings. The molecule has 4 heteroatoms. The largest absolute Gasteiger partial charge is 0.481 e. The Labute approximate surface area is 148 Å². The fraction of sp³-hybridized carbons (Fsp3) is 0.333. The molecule has 4 nitrogen and oxygen atoms in total. The van der Waals surface area contributed by atoms with Gasteiger partial charge in [-0.05, 0) is 43.9 Å². The maximum absolute atomic E-state index is 12.2. The number of carbonyl (C=O) groups is 2. The van der Waals surface area contributed by atoms with Gasteiger partial charge in [0.15, 0.2) is 0 Å². The van der Waals surface area contributed by atoms with E-state index in [0.717, 1.165) is 5.56 Å². The van der Waals surface area contributed by atoms with Crippen LogP contribution >= 0.6 is 0 Å². The number of carbonyl (C=O) groups excluding carboxylic acids is 1. The van der Waals surface area contributed by atoms with Crippen molar-refractivity contribution < 1.29 is 14.7 Å². The van der Waals surface area contributed by atoms with Crippen molar-refractivity contribution in [1.29, 1.82) is 0 Å². The van der Waals surface area contributed by atoms with Crippen molar-refractivity contribution in [2.45, 2.75) is 39.0 Å². The Kier molecular flexibility index (Phi) is 5.97. The molecule has 0 aromatic heterocycles. The summed E-state index contributed by atoms with van der Waals surface area (Å²) < 4.78 is 0. The highest BCUT2D eigenvalue weighted by Crippen LogP contribution is 2.23. The van der Waals surface area contributed by atoms with Gasteiger partial charge in [-0.15, -0.1) is 0 Å². The van der Waals surface area contributed by atoms with Gasteiger partial charge in [-0.3, -0.25) is 9.59 Å². The van der Waals surface area contributed by atoms with Crippen molar-refractivity contribution >= 4 is 11.9 Å². The SMILES string of the molecule is Cc1ccc(CCC(=O)NCC(C)(C(=O)O)c2ccccc2)c(C)c1. The van der Waals surface area contributed by atoms with Gasteiger partial charge in [0.05, 0.1) is 0 Å². The lowest BCUT2D eigenvalue weighted by Gasteiger charge is -2.25. The van der Waals surface area contributed by atoms with Crippen LogP contribution < -0.4 is 5.32 Å². The van der Waals surface area contributed by atoms with E-state index >= 15 is 0 Å². The van der Waals surface area contributed by atoms with Crippen molar-refractivity contribution in [2.24, 2.45) is 0 Å². The molecule has 0 bridgehead atoms. The summed E-state index contributed by atoms with van der Waals surface area (Å²) in [6.07, 6.45) is 0.988. The first-order valence-corrected chi connectivity index (χ1v) is 8.44. The Balaban J connectivity index is 1.96. The minimum atomic E-state index is -1.14. The molecular weight excluding hydrogens is 314 g/mol. The number of carboxylic acids is 1. The number of nitrogens with one attached hydrogen (secondary N) is 1. The summed E-state index contributed by atoms with van der Waals surface area (Å²) in [6, 6.07) is 15.2. The quantitative estimate of drug-likeness (QED) is 0.812. The molecular formula is C21H25NO3. The second-order valence-electron chi connectivity index (χ2n) is 6.71. The van der Waals surface area contributed by atoms with Crippen molar-refractivity contribution in [3.8, 4) is 0 Å². The molecule has 0 aliphatic heterocycles. The average molecular weight is 339 g/mol. The molecule has 132 valence electrons. The van der Waals surface area contributed by atoms with Crippen LogP contribution in [-0.2, 0) is 21.4 Å². The molecule has 2 rings (SSSR count). The molecule has 2 N–H and O–H groups in total. The molecule has 25 heavy (non-hydrogen) atoms. The number of rotatable bonds is 7. The number of aliphatic carboxylic acids is 1. The number of hydrogen-bond acceptors (Lipinski definition) is 2. The lowest BCUT2D eigenvalue weighted by molar-refractivity contribution is -0.143. The second kappa shape index (κ2) is 7.97. The first-order chi connectivity index (χ1) is 11.8. The summed E-state index contributed by atoms with van der Waals surface area (Å²) in [4.78, 5) is 23.9. The Bertz CT molecular complexity index is 755. The van der Waals surface area contributed by atoms with Crippen LogP contribution in [0.2, 0.25) is 0 Å². The molecule has 0 saturated carbocycles. The average Bonchev–Trinajstić information content (AvgIpc) is 2.59. The summed E-state index contributed by atoms with van der Waals surface area (Å²) >= 11 is 0. The fourth-order valence-corrected chi connectivity index (χ4v) is 2.85. The Morgan fingerprint density at radius 2 is 1.76 bits per heavy atom. The summed E-state index contributed by atoms with van der Waals surface area (Å²) in [6.45, 7) is 5.78. The Hall–Kier alpha value is -2.62. The summed E-state index contributed by atoms with van der Waals surface area (Å²) in [7, 11) is 0. The van der Waals surface area contributed by atoms with Crippen molar-refractivity contribution in [3.05, 3.63) is 70.8 Å². The van der Waals surface area contributed by atoms with E-state index in [9.17, 15) is 14.7 Å². The third-order valence-electron chi connectivity index (χ3n) is 4.64. The van der Waals surface area contributed by atoms with Crippen LogP contribution in [0, 0.1) is 13.8 Å². The second-order valence-corrected chi connectivity index (χ2v) is 6.71. The van der Waals surface area contributed by atoms with Crippen LogP contribution in [-0.4, -0.2) is 23.5 Å². The van der Waals surface area contributed by atoms with E-state index in [1.54, 1.807) is 31.2 Å². The third kappa shape index (κ3) is 4.69. The molecule has 0 aliphatic carbocycles. The standard InChI is InChI=1S/C21H25NO3/c1-15-9-10-17(16(2)13-15)11-12-19(23)22-14-21(3,20(24)25)18-7-5-4-6-8-18/h4-10,13H,11-12,14H2,1-3H3,(H,22,23)(H,24,25). The molecule has 1 unspecified atom stereocenters. The zero-order valence-corrected chi connectivity index (χ0v) is 15.0. The van der Waals surface area contributed by atoms with Crippen LogP contribution in [0.3, 0.4) is 0 Å². The number of benzene rings is 2. The zero-order chi connectivity index (χ0) is 18.4. The van der Waals surface area contributed by atoms with Crippen LogP contribution in [0.1, 0.15) is 35.6 Å². The van der Waals surface area contributed by atoms with E-state index in [1.165, 1.54) is 11.1 Å². The molecule has 1 atom stereocenters. The van der Waals surface area contributed by atoms with Crippen molar-refractivity contribution in [2.75, 3.05) is 6.54 Å². The Morgan fingerprint density at radius 3 is 2.36 bits per heavy atom. The number of aryl methyl sites for hydroxylation is 3. The first-order valence-electron chi connectivity index (χ1n) is 8.44. The molecule has 0 saturated heterocycles. The van der Waals surface area contributed by atoms with Crippen LogP contribution in [0.25, 0.3) is 0 Å². The van der Waals surface area contributed by atoms with Crippen LogP contribution in [0.4, 0.5) is 0 Å². The maximum Gasteiger partial charge on any atom is 0.315 e. The molecule has 0 fully saturated rings. The van der Waals surface area contributed by atoms with Crippen molar-refractivity contribution in [1.82, 2.24) is 5.32 Å². The first kappa shape index (κ1) is 18.7. The molecule has 0 heterocycles. The van der Waals surface area contributed by atoms with E-state index in [0.29, 0.717) is 18.4 Å². The van der Waals surface area contributed by atoms with Gasteiger partial charge in [0.25, 0.3) is 0 Å². The summed E-state index contributed by atoms with van der Waals surface area (Å²) in [5, 5.41) is 12.4. The molecule has 0 aliphatic rings. The van der Waals surface area contributed by atoms with Gasteiger partial charge in [-0.2, -0.15) is 0 Å². The monoisotopic (exact) mass is 339 g/mol. The van der Waals surface area contributed by atoms with E-state index in [1.807, 2.05) is 32.0 Å². The molecule has 1 amide bonds. The maximum atomic E-state index is 12.2. The van der Waals surface area contributed by atoms with Gasteiger partial charge in [-0.1, -0.05) is 54.1 Å². The van der Waals surface area contributed by atoms with Gasteiger partial charge < -0.3 is 10.4 Å². The van der Waals surface area contributed by atoms with Gasteiger partial charge in [0, 0.05) is 13.0 Å². The lowest BCUT2D eigenvalue weighted by Crippen LogP contribution is -2.44. The minimum absolute atomic E-state index is 0.0675. The zero-order valence-electron chi connectivity index (χ0n) is 15.0.